The lowest BCUT2D eigenvalue weighted by molar-refractivity contribution is -0.133. The van der Waals surface area contributed by atoms with Crippen LogP contribution in [0.4, 0.5) is 4.79 Å². The third-order valence-corrected chi connectivity index (χ3v) is 5.46. The van der Waals surface area contributed by atoms with Gasteiger partial charge in [0.15, 0.2) is 11.5 Å². The number of nitrogens with zero attached hydrogens (tertiary/aromatic N) is 2. The summed E-state index contributed by atoms with van der Waals surface area (Å²) in [5.74, 6) is 1.53. The zero-order valence-electron chi connectivity index (χ0n) is 21.5. The molecule has 9 nitrogen and oxygen atoms in total. The van der Waals surface area contributed by atoms with Gasteiger partial charge in [-0.3, -0.25) is 4.79 Å². The number of carbonyl (C=O) groups excluding carboxylic acids is 1. The summed E-state index contributed by atoms with van der Waals surface area (Å²) in [6, 6.07) is 11.9. The quantitative estimate of drug-likeness (QED) is 0.529. The highest BCUT2D eigenvalue weighted by atomic mass is 16.5. The molecule has 0 aliphatic carbocycles. The fraction of sp³-hybridized carbons (Fsp3) is 0.444. The highest BCUT2D eigenvalue weighted by Gasteiger charge is 2.29. The van der Waals surface area contributed by atoms with Crippen LogP contribution in [0.3, 0.4) is 0 Å². The topological polar surface area (TPSA) is 110 Å². The summed E-state index contributed by atoms with van der Waals surface area (Å²) in [7, 11) is 1.58. The van der Waals surface area contributed by atoms with Crippen LogP contribution in [0.15, 0.2) is 47.6 Å². The summed E-state index contributed by atoms with van der Waals surface area (Å²) in [5.41, 5.74) is 2.04. The fourth-order valence-electron chi connectivity index (χ4n) is 3.94. The van der Waals surface area contributed by atoms with Crippen LogP contribution >= 0.6 is 0 Å². The van der Waals surface area contributed by atoms with Gasteiger partial charge >= 0.3 is 6.09 Å². The molecule has 1 unspecified atom stereocenters. The maximum Gasteiger partial charge on any atom is 0.405 e. The van der Waals surface area contributed by atoms with Crippen LogP contribution in [0.25, 0.3) is 0 Å². The van der Waals surface area contributed by atoms with Gasteiger partial charge in [0.05, 0.1) is 19.4 Å². The highest BCUT2D eigenvalue weighted by molar-refractivity contribution is 6.02. The monoisotopic (exact) mass is 497 g/mol. The van der Waals surface area contributed by atoms with E-state index < -0.39 is 18.0 Å². The van der Waals surface area contributed by atoms with Gasteiger partial charge in [0.25, 0.3) is 5.91 Å². The number of benzene rings is 2. The molecule has 2 N–H and O–H groups in total. The molecule has 0 fully saturated rings. The maximum absolute atomic E-state index is 13.4. The van der Waals surface area contributed by atoms with Crippen molar-refractivity contribution in [2.75, 3.05) is 20.3 Å². The number of ether oxygens (including phenoxy) is 3. The Bertz CT molecular complexity index is 1090. The second-order valence-electron chi connectivity index (χ2n) is 9.47. The first-order valence-corrected chi connectivity index (χ1v) is 12.1. The molecular formula is C27H35N3O6. The van der Waals surface area contributed by atoms with E-state index in [0.717, 1.165) is 16.8 Å². The lowest BCUT2D eigenvalue weighted by atomic mass is 10.0. The molecule has 0 saturated carbocycles. The second-order valence-corrected chi connectivity index (χ2v) is 9.47. The number of nitrogens with one attached hydrogen (secondary N) is 1. The van der Waals surface area contributed by atoms with Crippen molar-refractivity contribution >= 4 is 17.7 Å². The van der Waals surface area contributed by atoms with Crippen molar-refractivity contribution in [2.45, 2.75) is 58.6 Å². The van der Waals surface area contributed by atoms with Gasteiger partial charge in [-0.15, -0.1) is 0 Å². The average Bonchev–Trinajstić information content (AvgIpc) is 2.83. The molecule has 2 aromatic rings. The Hall–Kier alpha value is -3.75. The summed E-state index contributed by atoms with van der Waals surface area (Å²) < 4.78 is 16.9. The molecule has 0 bridgehead atoms. The van der Waals surface area contributed by atoms with Crippen LogP contribution in [-0.2, 0) is 11.2 Å². The van der Waals surface area contributed by atoms with Gasteiger partial charge in [0.2, 0.25) is 0 Å². The number of carboxylic acid groups (broad SMARTS) is 1. The van der Waals surface area contributed by atoms with E-state index in [1.807, 2.05) is 70.2 Å². The Morgan fingerprint density at radius 2 is 1.86 bits per heavy atom. The average molecular weight is 498 g/mol. The number of carbonyl (C=O) groups is 2. The predicted molar refractivity (Wildman–Crippen MR) is 137 cm³/mol. The lowest BCUT2D eigenvalue weighted by Gasteiger charge is -2.28. The molecule has 194 valence electrons. The van der Waals surface area contributed by atoms with Gasteiger partial charge in [-0.05, 0) is 76.4 Å². The van der Waals surface area contributed by atoms with E-state index in [1.54, 1.807) is 7.11 Å². The Kier molecular flexibility index (Phi) is 8.79. The third kappa shape index (κ3) is 7.37. The van der Waals surface area contributed by atoms with Crippen LogP contribution in [0, 0.1) is 0 Å². The van der Waals surface area contributed by atoms with E-state index in [-0.39, 0.29) is 12.0 Å². The van der Waals surface area contributed by atoms with Crippen LogP contribution < -0.4 is 19.5 Å². The van der Waals surface area contributed by atoms with E-state index in [0.29, 0.717) is 43.2 Å². The molecule has 2 aromatic carbocycles. The SMILES string of the molecule is CCOc1cc(C2=NN(C(=O)C(Cc3ccc(OC(C)(C)C)cc3)NC(=O)O)CCC2)ccc1OC. The van der Waals surface area contributed by atoms with Crippen molar-refractivity contribution in [3.63, 3.8) is 0 Å². The molecule has 36 heavy (non-hydrogen) atoms. The van der Waals surface area contributed by atoms with E-state index in [4.69, 9.17) is 14.2 Å². The maximum atomic E-state index is 13.4. The molecule has 0 saturated heterocycles. The van der Waals surface area contributed by atoms with Crippen molar-refractivity contribution in [2.24, 2.45) is 5.10 Å². The van der Waals surface area contributed by atoms with Crippen molar-refractivity contribution < 1.29 is 28.9 Å². The summed E-state index contributed by atoms with van der Waals surface area (Å²) in [4.78, 5) is 24.8. The van der Waals surface area contributed by atoms with Gasteiger partial charge in [-0.1, -0.05) is 12.1 Å². The van der Waals surface area contributed by atoms with E-state index in [9.17, 15) is 14.7 Å². The summed E-state index contributed by atoms with van der Waals surface area (Å²) in [5, 5.41) is 17.7. The smallest absolute Gasteiger partial charge is 0.405 e. The molecule has 0 spiro atoms. The van der Waals surface area contributed by atoms with Crippen LogP contribution in [0.1, 0.15) is 51.7 Å². The number of hydrazone groups is 1. The molecule has 1 aliphatic heterocycles. The number of amides is 2. The largest absolute Gasteiger partial charge is 0.493 e. The number of rotatable bonds is 9. The van der Waals surface area contributed by atoms with Gasteiger partial charge in [0, 0.05) is 18.5 Å². The first kappa shape index (κ1) is 26.8. The Morgan fingerprint density at radius 1 is 1.14 bits per heavy atom. The summed E-state index contributed by atoms with van der Waals surface area (Å²) >= 11 is 0. The number of methoxy groups -OCH3 is 1. The number of hydrogen-bond acceptors (Lipinski definition) is 6. The van der Waals surface area contributed by atoms with Crippen LogP contribution in [0.2, 0.25) is 0 Å². The van der Waals surface area contributed by atoms with Crippen molar-refractivity contribution in [1.82, 2.24) is 10.3 Å². The molecule has 9 heteroatoms. The zero-order valence-corrected chi connectivity index (χ0v) is 21.5. The van der Waals surface area contributed by atoms with Gasteiger partial charge in [-0.2, -0.15) is 5.10 Å². The van der Waals surface area contributed by atoms with Crippen LogP contribution in [-0.4, -0.2) is 59.7 Å². The highest BCUT2D eigenvalue weighted by Crippen LogP contribution is 2.29. The minimum Gasteiger partial charge on any atom is -0.493 e. The zero-order chi connectivity index (χ0) is 26.3. The summed E-state index contributed by atoms with van der Waals surface area (Å²) in [6.07, 6.45) is 0.325. The Morgan fingerprint density at radius 3 is 2.47 bits per heavy atom. The lowest BCUT2D eigenvalue weighted by Crippen LogP contribution is -2.49. The molecule has 3 rings (SSSR count). The molecule has 0 radical (unpaired) electrons. The standard InChI is InChI=1S/C27H35N3O6/c1-6-35-24-17-19(11-14-23(24)34-5)21-8-7-15-30(29-21)25(31)22(28-26(32)33)16-18-9-12-20(13-10-18)36-27(2,3)4/h9-14,17,22,28H,6-8,15-16H2,1-5H3,(H,32,33). The Labute approximate surface area is 212 Å². The molecule has 0 aromatic heterocycles. The molecular weight excluding hydrogens is 462 g/mol. The third-order valence-electron chi connectivity index (χ3n) is 5.46. The normalized spacial score (nSPS) is 14.5. The summed E-state index contributed by atoms with van der Waals surface area (Å²) in [6.45, 7) is 8.68. The molecule has 1 heterocycles. The van der Waals surface area contributed by atoms with E-state index in [1.165, 1.54) is 5.01 Å². The van der Waals surface area contributed by atoms with Gasteiger partial charge in [-0.25, -0.2) is 9.80 Å². The van der Waals surface area contributed by atoms with E-state index >= 15 is 0 Å². The molecule has 1 aliphatic rings. The first-order chi connectivity index (χ1) is 17.1. The van der Waals surface area contributed by atoms with Crippen molar-refractivity contribution in [3.05, 3.63) is 53.6 Å². The van der Waals surface area contributed by atoms with Gasteiger partial charge < -0.3 is 24.6 Å². The predicted octanol–water partition coefficient (Wildman–Crippen LogP) is 4.48. The fourth-order valence-corrected chi connectivity index (χ4v) is 3.94. The van der Waals surface area contributed by atoms with E-state index in [2.05, 4.69) is 10.4 Å². The van der Waals surface area contributed by atoms with Gasteiger partial charge in [0.1, 0.15) is 17.4 Å². The minimum absolute atomic E-state index is 0.194. The minimum atomic E-state index is -1.27. The van der Waals surface area contributed by atoms with Crippen molar-refractivity contribution in [3.8, 4) is 17.2 Å². The second kappa shape index (κ2) is 11.8. The first-order valence-electron chi connectivity index (χ1n) is 12.1. The molecule has 2 amide bonds. The van der Waals surface area contributed by atoms with Crippen LogP contribution in [0.5, 0.6) is 17.2 Å². The number of hydrogen-bond donors (Lipinski definition) is 2. The van der Waals surface area contributed by atoms with Crippen molar-refractivity contribution in [1.29, 1.82) is 0 Å². The molecule has 1 atom stereocenters. The Balaban J connectivity index is 1.80.